The molecule has 2 aliphatic rings. The highest BCUT2D eigenvalue weighted by Gasteiger charge is 2.26. The minimum absolute atomic E-state index is 0.0248. The number of ether oxygens (including phenoxy) is 1. The van der Waals surface area contributed by atoms with Gasteiger partial charge in [-0.3, -0.25) is 4.79 Å². The number of anilines is 2. The monoisotopic (exact) mass is 413 g/mol. The van der Waals surface area contributed by atoms with Crippen LogP contribution in [0.25, 0.3) is 0 Å². The molecule has 5 heteroatoms. The van der Waals surface area contributed by atoms with Crippen LogP contribution in [0.2, 0.25) is 0 Å². The first-order valence-electron chi connectivity index (χ1n) is 11.1. The van der Waals surface area contributed by atoms with Crippen molar-refractivity contribution in [2.75, 3.05) is 36.0 Å². The molecule has 1 aromatic heterocycles. The van der Waals surface area contributed by atoms with E-state index in [-0.39, 0.29) is 5.91 Å². The molecule has 5 rings (SSSR count). The summed E-state index contributed by atoms with van der Waals surface area (Å²) in [5.41, 5.74) is 2.90. The molecule has 0 spiro atoms. The number of nitrogens with zero attached hydrogens (tertiary/aromatic N) is 3. The maximum atomic E-state index is 13.0. The second-order valence-electron chi connectivity index (χ2n) is 8.32. The zero-order valence-corrected chi connectivity index (χ0v) is 17.6. The first-order valence-corrected chi connectivity index (χ1v) is 11.1. The van der Waals surface area contributed by atoms with Crippen molar-refractivity contribution in [2.24, 2.45) is 5.92 Å². The molecule has 0 bridgehead atoms. The van der Waals surface area contributed by atoms with Gasteiger partial charge in [-0.1, -0.05) is 36.4 Å². The number of carbonyl (C=O) groups excluding carboxylic acids is 1. The van der Waals surface area contributed by atoms with E-state index in [1.165, 1.54) is 5.56 Å². The number of piperidine rings is 1. The normalized spacial score (nSPS) is 18.0. The van der Waals surface area contributed by atoms with Crippen LogP contribution < -0.4 is 14.5 Å². The van der Waals surface area contributed by atoms with E-state index in [4.69, 9.17) is 4.74 Å². The Balaban J connectivity index is 1.22. The summed E-state index contributed by atoms with van der Waals surface area (Å²) in [6, 6.07) is 22.0. The van der Waals surface area contributed by atoms with E-state index in [1.54, 1.807) is 6.20 Å². The Morgan fingerprint density at radius 2 is 1.84 bits per heavy atom. The van der Waals surface area contributed by atoms with Gasteiger partial charge in [-0.15, -0.1) is 0 Å². The molecule has 0 radical (unpaired) electrons. The minimum atomic E-state index is 0.0248. The molecule has 31 heavy (non-hydrogen) atoms. The van der Waals surface area contributed by atoms with Crippen LogP contribution in [0.3, 0.4) is 0 Å². The molecule has 2 aromatic carbocycles. The molecule has 1 fully saturated rings. The molecule has 1 amide bonds. The Bertz CT molecular complexity index is 1040. The Hall–Kier alpha value is -3.34. The van der Waals surface area contributed by atoms with Crippen molar-refractivity contribution < 1.29 is 9.53 Å². The summed E-state index contributed by atoms with van der Waals surface area (Å²) in [7, 11) is 0. The van der Waals surface area contributed by atoms with Crippen molar-refractivity contribution in [3.05, 3.63) is 84.1 Å². The highest BCUT2D eigenvalue weighted by Crippen LogP contribution is 2.29. The van der Waals surface area contributed by atoms with Gasteiger partial charge in [0.05, 0.1) is 12.2 Å². The van der Waals surface area contributed by atoms with E-state index >= 15 is 0 Å². The number of amides is 1. The smallest absolute Gasteiger partial charge is 0.259 e. The van der Waals surface area contributed by atoms with Crippen molar-refractivity contribution in [3.8, 4) is 5.75 Å². The lowest BCUT2D eigenvalue weighted by atomic mass is 9.99. The first kappa shape index (κ1) is 19.6. The summed E-state index contributed by atoms with van der Waals surface area (Å²) in [6.45, 7) is 3.36. The predicted octanol–water partition coefficient (Wildman–Crippen LogP) is 4.58. The van der Waals surface area contributed by atoms with Gasteiger partial charge in [0.15, 0.2) is 0 Å². The largest absolute Gasteiger partial charge is 0.493 e. The number of rotatable bonds is 5. The summed E-state index contributed by atoms with van der Waals surface area (Å²) < 4.78 is 5.97. The first-order chi connectivity index (χ1) is 15.3. The highest BCUT2D eigenvalue weighted by molar-refractivity contribution is 6.07. The van der Waals surface area contributed by atoms with Gasteiger partial charge in [-0.05, 0) is 55.2 Å². The minimum Gasteiger partial charge on any atom is -0.493 e. The van der Waals surface area contributed by atoms with E-state index in [2.05, 4.69) is 16.0 Å². The fraction of sp³-hybridized carbons (Fsp3) is 0.308. The molecule has 5 nitrogen and oxygen atoms in total. The van der Waals surface area contributed by atoms with Gasteiger partial charge in [-0.2, -0.15) is 0 Å². The third-order valence-electron chi connectivity index (χ3n) is 6.20. The lowest BCUT2D eigenvalue weighted by Crippen LogP contribution is -2.38. The number of hydrogen-bond donors (Lipinski definition) is 0. The van der Waals surface area contributed by atoms with E-state index in [0.29, 0.717) is 18.1 Å². The van der Waals surface area contributed by atoms with Crippen LogP contribution in [-0.2, 0) is 6.42 Å². The van der Waals surface area contributed by atoms with Crippen molar-refractivity contribution in [1.29, 1.82) is 0 Å². The van der Waals surface area contributed by atoms with Crippen LogP contribution in [0.1, 0.15) is 28.8 Å². The molecule has 0 saturated carbocycles. The predicted molar refractivity (Wildman–Crippen MR) is 123 cm³/mol. The average molecular weight is 414 g/mol. The van der Waals surface area contributed by atoms with Gasteiger partial charge in [0.25, 0.3) is 5.91 Å². The fourth-order valence-electron chi connectivity index (χ4n) is 4.54. The molecule has 2 aliphatic heterocycles. The molecule has 1 unspecified atom stereocenters. The number of hydrogen-bond acceptors (Lipinski definition) is 4. The topological polar surface area (TPSA) is 45.7 Å². The van der Waals surface area contributed by atoms with Gasteiger partial charge >= 0.3 is 0 Å². The van der Waals surface area contributed by atoms with E-state index < -0.39 is 0 Å². The summed E-state index contributed by atoms with van der Waals surface area (Å²) in [5.74, 6) is 2.35. The van der Waals surface area contributed by atoms with E-state index in [1.807, 2.05) is 65.6 Å². The molecule has 1 saturated heterocycles. The molecule has 158 valence electrons. The molecular formula is C26H27N3O2. The zero-order valence-electron chi connectivity index (χ0n) is 17.6. The summed E-state index contributed by atoms with van der Waals surface area (Å²) in [4.78, 5) is 21.8. The SMILES string of the molecule is O=C(c1ccc(N2CCCC(COc3ccccc3)C2)nc1)N1CCc2ccccc21. The van der Waals surface area contributed by atoms with Crippen LogP contribution in [0.4, 0.5) is 11.5 Å². The number of benzene rings is 2. The van der Waals surface area contributed by atoms with Gasteiger partial charge in [0.2, 0.25) is 0 Å². The van der Waals surface area contributed by atoms with Gasteiger partial charge in [-0.25, -0.2) is 4.98 Å². The maximum absolute atomic E-state index is 13.0. The Morgan fingerprint density at radius 1 is 1.00 bits per heavy atom. The molecule has 3 aromatic rings. The lowest BCUT2D eigenvalue weighted by molar-refractivity contribution is 0.0989. The number of fused-ring (bicyclic) bond motifs is 1. The van der Waals surface area contributed by atoms with Crippen LogP contribution in [0, 0.1) is 5.92 Å². The van der Waals surface area contributed by atoms with Crippen LogP contribution in [0.5, 0.6) is 5.75 Å². The second kappa shape index (κ2) is 8.80. The molecular weight excluding hydrogens is 386 g/mol. The van der Waals surface area contributed by atoms with E-state index in [0.717, 1.165) is 56.2 Å². The van der Waals surface area contributed by atoms with Gasteiger partial charge < -0.3 is 14.5 Å². The molecule has 1 atom stereocenters. The van der Waals surface area contributed by atoms with Crippen LogP contribution >= 0.6 is 0 Å². The number of aromatic nitrogens is 1. The van der Waals surface area contributed by atoms with Crippen molar-refractivity contribution in [1.82, 2.24) is 4.98 Å². The van der Waals surface area contributed by atoms with Crippen LogP contribution in [0.15, 0.2) is 72.9 Å². The fourth-order valence-corrected chi connectivity index (χ4v) is 4.54. The standard InChI is InChI=1S/C26H27N3O2/c30-26(29-16-14-21-8-4-5-11-24(21)29)22-12-13-25(27-17-22)28-15-6-7-20(18-28)19-31-23-9-2-1-3-10-23/h1-5,8-13,17,20H,6-7,14-16,18-19H2. The van der Waals surface area contributed by atoms with Gasteiger partial charge in [0.1, 0.15) is 11.6 Å². The molecule has 0 N–H and O–H groups in total. The Labute approximate surface area is 183 Å². The highest BCUT2D eigenvalue weighted by atomic mass is 16.5. The van der Waals surface area contributed by atoms with Gasteiger partial charge in [0, 0.05) is 37.4 Å². The van der Waals surface area contributed by atoms with Crippen LogP contribution in [-0.4, -0.2) is 37.1 Å². The number of para-hydroxylation sites is 2. The molecule has 3 heterocycles. The summed E-state index contributed by atoms with van der Waals surface area (Å²) >= 11 is 0. The zero-order chi connectivity index (χ0) is 21.0. The van der Waals surface area contributed by atoms with Crippen molar-refractivity contribution in [3.63, 3.8) is 0 Å². The summed E-state index contributed by atoms with van der Waals surface area (Å²) in [5, 5.41) is 0. The number of carbonyl (C=O) groups is 1. The third kappa shape index (κ3) is 4.26. The van der Waals surface area contributed by atoms with Crippen molar-refractivity contribution in [2.45, 2.75) is 19.3 Å². The average Bonchev–Trinajstić information content (AvgIpc) is 3.27. The quantitative estimate of drug-likeness (QED) is 0.614. The third-order valence-corrected chi connectivity index (χ3v) is 6.20. The lowest BCUT2D eigenvalue weighted by Gasteiger charge is -2.33. The second-order valence-corrected chi connectivity index (χ2v) is 8.32. The summed E-state index contributed by atoms with van der Waals surface area (Å²) in [6.07, 6.45) is 4.92. The maximum Gasteiger partial charge on any atom is 0.259 e. The Kier molecular flexibility index (Phi) is 5.57. The van der Waals surface area contributed by atoms with E-state index in [9.17, 15) is 4.79 Å². The van der Waals surface area contributed by atoms with Crippen molar-refractivity contribution >= 4 is 17.4 Å². The molecule has 0 aliphatic carbocycles. The Morgan fingerprint density at radius 3 is 2.68 bits per heavy atom. The number of pyridine rings is 1.